The largest absolute Gasteiger partial charge is 0.243 e. The fourth-order valence-electron chi connectivity index (χ4n) is 1.08. The van der Waals surface area contributed by atoms with Gasteiger partial charge in [0.05, 0.1) is 0 Å². The van der Waals surface area contributed by atoms with Gasteiger partial charge < -0.3 is 0 Å². The predicted molar refractivity (Wildman–Crippen MR) is 41.3 cm³/mol. The Kier molecular flexibility index (Phi) is 1.18. The lowest BCUT2D eigenvalue weighted by atomic mass is 10.1. The lowest BCUT2D eigenvalue weighted by Gasteiger charge is -1.95. The van der Waals surface area contributed by atoms with Crippen LogP contribution in [0.25, 0.3) is 11.0 Å². The number of fused-ring (bicyclic) bond motifs is 1. The van der Waals surface area contributed by atoms with Crippen LogP contribution in [0.5, 0.6) is 0 Å². The minimum atomic E-state index is 0.827. The number of rotatable bonds is 0. The third-order valence-electron chi connectivity index (χ3n) is 1.95. The molecule has 0 N–H and O–H groups in total. The molecule has 0 saturated carbocycles. The monoisotopic (exact) mass is 148 g/mol. The summed E-state index contributed by atoms with van der Waals surface area (Å²) in [5, 5.41) is 7.53. The van der Waals surface area contributed by atoms with E-state index in [0.29, 0.717) is 0 Å². The number of nitrogens with zero attached hydrogens (tertiary/aromatic N) is 2. The van der Waals surface area contributed by atoms with Crippen molar-refractivity contribution in [2.45, 2.75) is 13.8 Å². The van der Waals surface area contributed by atoms with Crippen LogP contribution in [0.15, 0.2) is 16.8 Å². The highest BCUT2D eigenvalue weighted by Crippen LogP contribution is 2.16. The Hall–Kier alpha value is -1.38. The summed E-state index contributed by atoms with van der Waals surface area (Å²) in [6, 6.07) is 3.93. The van der Waals surface area contributed by atoms with Gasteiger partial charge in [0.15, 0.2) is 0 Å². The molecule has 1 aromatic heterocycles. The Morgan fingerprint density at radius 1 is 1.18 bits per heavy atom. The summed E-state index contributed by atoms with van der Waals surface area (Å²) in [4.78, 5) is 0. The molecule has 0 aliphatic carbocycles. The van der Waals surface area contributed by atoms with Crippen LogP contribution in [0.1, 0.15) is 11.1 Å². The summed E-state index contributed by atoms with van der Waals surface area (Å²) >= 11 is 0. The summed E-state index contributed by atoms with van der Waals surface area (Å²) in [6.45, 7) is 4.06. The van der Waals surface area contributed by atoms with Gasteiger partial charge in [-0.15, -0.1) is 0 Å². The number of aromatic nitrogens is 2. The van der Waals surface area contributed by atoms with Gasteiger partial charge in [0.25, 0.3) is 0 Å². The minimum absolute atomic E-state index is 0.827. The van der Waals surface area contributed by atoms with E-state index in [0.717, 1.165) is 16.6 Å². The van der Waals surface area contributed by atoms with Crippen LogP contribution in [-0.2, 0) is 0 Å². The standard InChI is InChI=1S/C8H8N2O/c1-5-3-4-7-8(6(5)2)10-11-9-7/h3-4H,1-2H3. The smallest absolute Gasteiger partial charge is 0.138 e. The van der Waals surface area contributed by atoms with Gasteiger partial charge in [0.2, 0.25) is 0 Å². The maximum absolute atomic E-state index is 4.60. The van der Waals surface area contributed by atoms with Gasteiger partial charge in [-0.2, -0.15) is 0 Å². The van der Waals surface area contributed by atoms with Crippen molar-refractivity contribution >= 4 is 11.0 Å². The van der Waals surface area contributed by atoms with Crippen LogP contribution in [0.2, 0.25) is 0 Å². The number of hydrogen-bond donors (Lipinski definition) is 0. The predicted octanol–water partition coefficient (Wildman–Crippen LogP) is 1.84. The molecular formula is C8H8N2O. The lowest BCUT2D eigenvalue weighted by Crippen LogP contribution is -1.81. The summed E-state index contributed by atoms with van der Waals surface area (Å²) in [6.07, 6.45) is 0. The zero-order valence-electron chi connectivity index (χ0n) is 6.46. The molecule has 0 bridgehead atoms. The van der Waals surface area contributed by atoms with Gasteiger partial charge >= 0.3 is 0 Å². The van der Waals surface area contributed by atoms with Crippen LogP contribution in [-0.4, -0.2) is 10.3 Å². The van der Waals surface area contributed by atoms with Gasteiger partial charge in [0.1, 0.15) is 11.0 Å². The van der Waals surface area contributed by atoms with E-state index in [1.54, 1.807) is 0 Å². The molecule has 1 aromatic carbocycles. The maximum atomic E-state index is 4.60. The van der Waals surface area contributed by atoms with Crippen LogP contribution in [0.4, 0.5) is 0 Å². The first-order valence-electron chi connectivity index (χ1n) is 3.47. The second kappa shape index (κ2) is 2.05. The Balaban J connectivity index is 2.93. The quantitative estimate of drug-likeness (QED) is 0.572. The summed E-state index contributed by atoms with van der Waals surface area (Å²) in [7, 11) is 0. The number of benzene rings is 1. The van der Waals surface area contributed by atoms with Crippen molar-refractivity contribution in [3.8, 4) is 0 Å². The minimum Gasteiger partial charge on any atom is -0.243 e. The molecule has 3 heteroatoms. The van der Waals surface area contributed by atoms with Crippen molar-refractivity contribution in [2.75, 3.05) is 0 Å². The highest BCUT2D eigenvalue weighted by atomic mass is 16.6. The van der Waals surface area contributed by atoms with Gasteiger partial charge in [-0.3, -0.25) is 0 Å². The number of hydrogen-bond acceptors (Lipinski definition) is 3. The molecular weight excluding hydrogens is 140 g/mol. The fraction of sp³-hybridized carbons (Fsp3) is 0.250. The zero-order chi connectivity index (χ0) is 7.84. The summed E-state index contributed by atoms with van der Waals surface area (Å²) < 4.78 is 4.60. The van der Waals surface area contributed by atoms with Crippen molar-refractivity contribution in [1.29, 1.82) is 0 Å². The highest BCUT2D eigenvalue weighted by molar-refractivity contribution is 5.77. The molecule has 0 amide bonds. The zero-order valence-corrected chi connectivity index (χ0v) is 6.46. The second-order valence-electron chi connectivity index (χ2n) is 2.64. The average molecular weight is 148 g/mol. The van der Waals surface area contributed by atoms with E-state index in [1.807, 2.05) is 26.0 Å². The van der Waals surface area contributed by atoms with Crippen molar-refractivity contribution in [3.63, 3.8) is 0 Å². The topological polar surface area (TPSA) is 38.9 Å². The Morgan fingerprint density at radius 2 is 2.00 bits per heavy atom. The van der Waals surface area contributed by atoms with Crippen LogP contribution in [0, 0.1) is 13.8 Å². The average Bonchev–Trinajstić information content (AvgIpc) is 2.45. The third-order valence-corrected chi connectivity index (χ3v) is 1.95. The molecule has 1 heterocycles. The van der Waals surface area contributed by atoms with E-state index in [2.05, 4.69) is 14.9 Å². The van der Waals surface area contributed by atoms with E-state index in [4.69, 9.17) is 0 Å². The second-order valence-corrected chi connectivity index (χ2v) is 2.64. The number of aryl methyl sites for hydroxylation is 2. The van der Waals surface area contributed by atoms with E-state index in [-0.39, 0.29) is 0 Å². The molecule has 11 heavy (non-hydrogen) atoms. The molecule has 0 fully saturated rings. The molecule has 0 atom stereocenters. The van der Waals surface area contributed by atoms with Crippen LogP contribution in [0.3, 0.4) is 0 Å². The van der Waals surface area contributed by atoms with Gasteiger partial charge in [-0.05, 0) is 41.4 Å². The molecule has 0 unspecified atom stereocenters. The van der Waals surface area contributed by atoms with Crippen molar-refractivity contribution in [1.82, 2.24) is 10.3 Å². The van der Waals surface area contributed by atoms with E-state index < -0.39 is 0 Å². The third kappa shape index (κ3) is 0.808. The van der Waals surface area contributed by atoms with E-state index in [9.17, 15) is 0 Å². The molecule has 0 aliphatic heterocycles. The SMILES string of the molecule is Cc1ccc2nonc2c1C. The van der Waals surface area contributed by atoms with Crippen molar-refractivity contribution < 1.29 is 4.63 Å². The Labute approximate surface area is 64.0 Å². The van der Waals surface area contributed by atoms with Crippen molar-refractivity contribution in [2.24, 2.45) is 0 Å². The fourth-order valence-corrected chi connectivity index (χ4v) is 1.08. The van der Waals surface area contributed by atoms with E-state index >= 15 is 0 Å². The Bertz CT molecular complexity index is 392. The van der Waals surface area contributed by atoms with Crippen LogP contribution < -0.4 is 0 Å². The molecule has 56 valence electrons. The maximum Gasteiger partial charge on any atom is 0.138 e. The van der Waals surface area contributed by atoms with Gasteiger partial charge in [-0.25, -0.2) is 4.63 Å². The first-order valence-corrected chi connectivity index (χ1v) is 3.47. The molecule has 0 spiro atoms. The molecule has 2 aromatic rings. The molecule has 2 rings (SSSR count). The molecule has 0 aliphatic rings. The first-order chi connectivity index (χ1) is 5.29. The van der Waals surface area contributed by atoms with Gasteiger partial charge in [-0.1, -0.05) is 6.07 Å². The first kappa shape index (κ1) is 6.34. The molecule has 0 radical (unpaired) electrons. The van der Waals surface area contributed by atoms with E-state index in [1.165, 1.54) is 5.56 Å². The lowest BCUT2D eigenvalue weighted by molar-refractivity contribution is 0.315. The highest BCUT2D eigenvalue weighted by Gasteiger charge is 2.03. The normalized spacial score (nSPS) is 10.7. The van der Waals surface area contributed by atoms with Crippen LogP contribution >= 0.6 is 0 Å². The van der Waals surface area contributed by atoms with Gasteiger partial charge in [0, 0.05) is 0 Å². The summed E-state index contributed by atoms with van der Waals surface area (Å²) in [5.74, 6) is 0. The molecule has 0 saturated heterocycles. The summed E-state index contributed by atoms with van der Waals surface area (Å²) in [5.41, 5.74) is 4.05. The Morgan fingerprint density at radius 3 is 2.82 bits per heavy atom. The molecule has 3 nitrogen and oxygen atoms in total. The van der Waals surface area contributed by atoms with Crippen molar-refractivity contribution in [3.05, 3.63) is 23.3 Å².